The van der Waals surface area contributed by atoms with Crippen LogP contribution in [0.25, 0.3) is 10.1 Å². The number of hydrogen-bond acceptors (Lipinski definition) is 5. The molecule has 3 rings (SSSR count). The molecule has 4 nitrogen and oxygen atoms in total. The van der Waals surface area contributed by atoms with Gasteiger partial charge in [-0.25, -0.2) is 9.18 Å². The first-order valence-corrected chi connectivity index (χ1v) is 9.04. The molecule has 0 amide bonds. The van der Waals surface area contributed by atoms with E-state index in [1.165, 1.54) is 24.3 Å². The lowest BCUT2D eigenvalue weighted by molar-refractivity contribution is 0.0531. The van der Waals surface area contributed by atoms with Crippen LogP contribution in [0, 0.1) is 5.82 Å². The van der Waals surface area contributed by atoms with Crippen LogP contribution in [0.5, 0.6) is 0 Å². The van der Waals surface area contributed by atoms with Gasteiger partial charge < -0.3 is 10.1 Å². The molecular weight excluding hydrogens is 353 g/mol. The Hall–Kier alpha value is -2.73. The lowest BCUT2D eigenvalue weighted by atomic mass is 10.1. The first-order chi connectivity index (χ1) is 12.5. The third-order valence-electron chi connectivity index (χ3n) is 3.98. The van der Waals surface area contributed by atoms with Crippen molar-refractivity contribution in [3.8, 4) is 0 Å². The molecule has 0 radical (unpaired) electrons. The number of benzene rings is 2. The summed E-state index contributed by atoms with van der Waals surface area (Å²) in [5, 5.41) is 3.63. The lowest BCUT2D eigenvalue weighted by Gasteiger charge is -2.09. The molecule has 0 saturated carbocycles. The molecule has 1 aromatic heterocycles. The largest absolute Gasteiger partial charge is 0.462 e. The molecule has 0 spiro atoms. The number of thiophene rings is 1. The number of halogens is 1. The second-order valence-corrected chi connectivity index (χ2v) is 6.78. The maximum absolute atomic E-state index is 14.4. The predicted octanol–water partition coefficient (Wildman–Crippen LogP) is 5.03. The van der Waals surface area contributed by atoms with Crippen LogP contribution >= 0.6 is 11.3 Å². The van der Waals surface area contributed by atoms with Gasteiger partial charge in [0.05, 0.1) is 6.61 Å². The van der Waals surface area contributed by atoms with E-state index in [1.54, 1.807) is 43.3 Å². The first kappa shape index (κ1) is 18.1. The molecule has 3 aromatic rings. The Balaban J connectivity index is 1.93. The van der Waals surface area contributed by atoms with Gasteiger partial charge >= 0.3 is 5.97 Å². The molecule has 1 N–H and O–H groups in total. The molecule has 0 aliphatic carbocycles. The summed E-state index contributed by atoms with van der Waals surface area (Å²) in [5.41, 5.74) is 1.98. The zero-order valence-corrected chi connectivity index (χ0v) is 15.3. The number of ether oxygens (including phenoxy) is 1. The van der Waals surface area contributed by atoms with Crippen molar-refractivity contribution in [2.24, 2.45) is 0 Å². The number of anilines is 1. The molecule has 1 heterocycles. The van der Waals surface area contributed by atoms with Crippen LogP contribution in [0.3, 0.4) is 0 Å². The van der Waals surface area contributed by atoms with Crippen LogP contribution in [-0.2, 0) is 11.3 Å². The number of fused-ring (bicyclic) bond motifs is 1. The number of hydrogen-bond donors (Lipinski definition) is 1. The Morgan fingerprint density at radius 1 is 1.15 bits per heavy atom. The molecule has 0 bridgehead atoms. The monoisotopic (exact) mass is 371 g/mol. The number of carbonyl (C=O) groups is 2. The van der Waals surface area contributed by atoms with Crippen molar-refractivity contribution in [2.75, 3.05) is 11.9 Å². The zero-order chi connectivity index (χ0) is 18.7. The van der Waals surface area contributed by atoms with E-state index in [0.29, 0.717) is 26.1 Å². The average Bonchev–Trinajstić information content (AvgIpc) is 3.00. The minimum atomic E-state index is -0.447. The van der Waals surface area contributed by atoms with Gasteiger partial charge in [0.1, 0.15) is 10.7 Å². The van der Waals surface area contributed by atoms with E-state index in [9.17, 15) is 14.0 Å². The molecule has 0 aliphatic rings. The topological polar surface area (TPSA) is 55.4 Å². The Bertz CT molecular complexity index is 963. The normalized spacial score (nSPS) is 10.7. The first-order valence-electron chi connectivity index (χ1n) is 8.23. The number of nitrogens with one attached hydrogen (secondary N) is 1. The summed E-state index contributed by atoms with van der Waals surface area (Å²) in [5.74, 6) is -0.818. The summed E-state index contributed by atoms with van der Waals surface area (Å²) < 4.78 is 20.2. The van der Waals surface area contributed by atoms with E-state index in [2.05, 4.69) is 5.32 Å². The van der Waals surface area contributed by atoms with Gasteiger partial charge in [0.25, 0.3) is 0 Å². The van der Waals surface area contributed by atoms with Crippen LogP contribution in [0.4, 0.5) is 10.1 Å². The highest BCUT2D eigenvalue weighted by molar-refractivity contribution is 7.21. The number of ketones is 1. The zero-order valence-electron chi connectivity index (χ0n) is 14.5. The van der Waals surface area contributed by atoms with Crippen molar-refractivity contribution in [1.82, 2.24) is 0 Å². The van der Waals surface area contributed by atoms with Gasteiger partial charge in [-0.3, -0.25) is 4.79 Å². The van der Waals surface area contributed by atoms with E-state index >= 15 is 0 Å². The molecule has 0 unspecified atom stereocenters. The van der Waals surface area contributed by atoms with E-state index in [-0.39, 0.29) is 24.8 Å². The van der Waals surface area contributed by atoms with Gasteiger partial charge in [-0.15, -0.1) is 11.3 Å². The van der Waals surface area contributed by atoms with Crippen molar-refractivity contribution in [2.45, 2.75) is 20.4 Å². The van der Waals surface area contributed by atoms with Crippen molar-refractivity contribution < 1.29 is 18.7 Å². The predicted molar refractivity (Wildman–Crippen MR) is 102 cm³/mol. The highest BCUT2D eigenvalue weighted by atomic mass is 32.1. The fraction of sp³-hybridized carbons (Fsp3) is 0.200. The van der Waals surface area contributed by atoms with Gasteiger partial charge in [0, 0.05) is 33.4 Å². The summed E-state index contributed by atoms with van der Waals surface area (Å²) in [7, 11) is 0. The van der Waals surface area contributed by atoms with E-state index in [4.69, 9.17) is 4.74 Å². The molecule has 134 valence electrons. The average molecular weight is 371 g/mol. The minimum Gasteiger partial charge on any atom is -0.462 e. The van der Waals surface area contributed by atoms with E-state index < -0.39 is 5.97 Å². The van der Waals surface area contributed by atoms with Crippen molar-refractivity contribution >= 4 is 38.9 Å². The molecule has 0 fully saturated rings. The highest BCUT2D eigenvalue weighted by Gasteiger charge is 2.21. The summed E-state index contributed by atoms with van der Waals surface area (Å²) >= 11 is 1.23. The van der Waals surface area contributed by atoms with Crippen LogP contribution < -0.4 is 5.32 Å². The maximum atomic E-state index is 14.4. The summed E-state index contributed by atoms with van der Waals surface area (Å²) in [6.07, 6.45) is 0. The Kier molecular flexibility index (Phi) is 5.32. The second kappa shape index (κ2) is 7.66. The molecular formula is C20H18FNO3S. The smallest absolute Gasteiger partial charge is 0.348 e. The number of rotatable bonds is 6. The Morgan fingerprint density at radius 3 is 2.54 bits per heavy atom. The van der Waals surface area contributed by atoms with Crippen molar-refractivity contribution in [3.63, 3.8) is 0 Å². The summed E-state index contributed by atoms with van der Waals surface area (Å²) in [6.45, 7) is 3.78. The van der Waals surface area contributed by atoms with Gasteiger partial charge in [0.15, 0.2) is 5.78 Å². The molecule has 0 saturated heterocycles. The number of carbonyl (C=O) groups excluding carboxylic acids is 2. The van der Waals surface area contributed by atoms with Crippen LogP contribution in [0.2, 0.25) is 0 Å². The van der Waals surface area contributed by atoms with Crippen molar-refractivity contribution in [3.05, 3.63) is 64.3 Å². The summed E-state index contributed by atoms with van der Waals surface area (Å²) in [6, 6.07) is 11.8. The van der Waals surface area contributed by atoms with Crippen LogP contribution in [-0.4, -0.2) is 18.4 Å². The van der Waals surface area contributed by atoms with E-state index in [1.807, 2.05) is 0 Å². The molecule has 6 heteroatoms. The van der Waals surface area contributed by atoms with Crippen molar-refractivity contribution in [1.29, 1.82) is 0 Å². The fourth-order valence-electron chi connectivity index (χ4n) is 2.71. The molecule has 2 aromatic carbocycles. The van der Waals surface area contributed by atoms with Gasteiger partial charge in [-0.2, -0.15) is 0 Å². The number of esters is 1. The summed E-state index contributed by atoms with van der Waals surface area (Å²) in [4.78, 5) is 24.0. The van der Waals surface area contributed by atoms with Gasteiger partial charge in [-0.1, -0.05) is 6.07 Å². The Morgan fingerprint density at radius 2 is 1.88 bits per heavy atom. The molecule has 0 atom stereocenters. The maximum Gasteiger partial charge on any atom is 0.348 e. The second-order valence-electron chi connectivity index (χ2n) is 5.73. The SMILES string of the molecule is CCOC(=O)c1sc2cccc(F)c2c1CNc1ccc(C(C)=O)cc1. The highest BCUT2D eigenvalue weighted by Crippen LogP contribution is 2.34. The quantitative estimate of drug-likeness (QED) is 0.488. The third kappa shape index (κ3) is 3.60. The standard InChI is InChI=1S/C20H18FNO3S/c1-3-25-20(24)19-15(18-16(21)5-4-6-17(18)26-19)11-22-14-9-7-13(8-10-14)12(2)23/h4-10,22H,3,11H2,1-2H3. The molecule has 26 heavy (non-hydrogen) atoms. The molecule has 0 aliphatic heterocycles. The minimum absolute atomic E-state index is 0.00736. The van der Waals surface area contributed by atoms with E-state index in [0.717, 1.165) is 5.69 Å². The third-order valence-corrected chi connectivity index (χ3v) is 5.16. The number of Topliss-reactive ketones (excluding diaryl/α,β-unsaturated/α-hetero) is 1. The van der Waals surface area contributed by atoms with Gasteiger partial charge in [0.2, 0.25) is 0 Å². The van der Waals surface area contributed by atoms with Gasteiger partial charge in [-0.05, 0) is 50.2 Å². The lowest BCUT2D eigenvalue weighted by Crippen LogP contribution is -2.08. The Labute approximate surface area is 154 Å². The fourth-order valence-corrected chi connectivity index (χ4v) is 3.84. The van der Waals surface area contributed by atoms with Crippen LogP contribution in [0.1, 0.15) is 39.4 Å². The van der Waals surface area contributed by atoms with Crippen LogP contribution in [0.15, 0.2) is 42.5 Å².